The number of amides is 1. The molecule has 2 heterocycles. The van der Waals surface area contributed by atoms with E-state index >= 15 is 0 Å². The molecule has 2 N–H and O–H groups in total. The molecular weight excluding hydrogens is 389 g/mol. The van der Waals surface area contributed by atoms with Gasteiger partial charge in [-0.15, -0.1) is 24.8 Å². The van der Waals surface area contributed by atoms with Gasteiger partial charge in [0.05, 0.1) is 12.0 Å². The molecule has 2 bridgehead atoms. The lowest BCUT2D eigenvalue weighted by Crippen LogP contribution is -2.54. The van der Waals surface area contributed by atoms with Crippen molar-refractivity contribution in [1.82, 2.24) is 19.9 Å². The van der Waals surface area contributed by atoms with Crippen LogP contribution >= 0.6 is 24.8 Å². The molecule has 27 heavy (non-hydrogen) atoms. The van der Waals surface area contributed by atoms with Gasteiger partial charge in [0.15, 0.2) is 5.82 Å². The second-order valence-corrected chi connectivity index (χ2v) is 7.88. The Labute approximate surface area is 173 Å². The first-order valence-corrected chi connectivity index (χ1v) is 9.69. The van der Waals surface area contributed by atoms with Crippen molar-refractivity contribution < 1.29 is 9.32 Å². The fourth-order valence-electron chi connectivity index (χ4n) is 4.98. The van der Waals surface area contributed by atoms with Crippen LogP contribution in [0.15, 0.2) is 4.52 Å². The molecule has 1 saturated heterocycles. The van der Waals surface area contributed by atoms with E-state index in [1.165, 1.54) is 12.8 Å². The number of nitrogens with two attached hydrogens (primary N) is 1. The number of fused-ring (bicyclic) bond motifs is 2. The van der Waals surface area contributed by atoms with Crippen molar-refractivity contribution in [2.75, 3.05) is 26.2 Å². The lowest BCUT2D eigenvalue weighted by atomic mass is 9.84. The molecule has 3 fully saturated rings. The number of halogens is 2. The van der Waals surface area contributed by atoms with E-state index in [9.17, 15) is 4.79 Å². The van der Waals surface area contributed by atoms with Crippen LogP contribution in [0.2, 0.25) is 0 Å². The summed E-state index contributed by atoms with van der Waals surface area (Å²) in [7, 11) is 0. The minimum Gasteiger partial charge on any atom is -0.340 e. The van der Waals surface area contributed by atoms with Gasteiger partial charge in [-0.25, -0.2) is 0 Å². The zero-order chi connectivity index (χ0) is 17.6. The van der Waals surface area contributed by atoms with Gasteiger partial charge < -0.3 is 15.2 Å². The summed E-state index contributed by atoms with van der Waals surface area (Å²) in [6.07, 6.45) is 4.33. The molecule has 4 rings (SSSR count). The summed E-state index contributed by atoms with van der Waals surface area (Å²) in [5, 5.41) is 3.99. The van der Waals surface area contributed by atoms with E-state index in [0.29, 0.717) is 17.7 Å². The second-order valence-electron chi connectivity index (χ2n) is 7.88. The number of aryl methyl sites for hydroxylation is 1. The number of carbonyl (C=O) groups is 1. The Bertz CT molecular complexity index is 633. The van der Waals surface area contributed by atoms with E-state index in [1.807, 2.05) is 11.8 Å². The van der Waals surface area contributed by atoms with Gasteiger partial charge in [0.1, 0.15) is 0 Å². The van der Waals surface area contributed by atoms with E-state index in [2.05, 4.69) is 22.0 Å². The molecule has 0 spiro atoms. The molecule has 2 aliphatic carbocycles. The predicted molar refractivity (Wildman–Crippen MR) is 107 cm³/mol. The van der Waals surface area contributed by atoms with Gasteiger partial charge in [0, 0.05) is 38.6 Å². The van der Waals surface area contributed by atoms with Gasteiger partial charge in [0.25, 0.3) is 0 Å². The highest BCUT2D eigenvalue weighted by Gasteiger charge is 2.50. The van der Waals surface area contributed by atoms with Crippen molar-refractivity contribution in [2.24, 2.45) is 23.5 Å². The molecule has 0 aromatic carbocycles. The van der Waals surface area contributed by atoms with E-state index < -0.39 is 0 Å². The first-order chi connectivity index (χ1) is 12.1. The Morgan fingerprint density at radius 3 is 2.44 bits per heavy atom. The lowest BCUT2D eigenvalue weighted by molar-refractivity contribution is -0.140. The van der Waals surface area contributed by atoms with Crippen molar-refractivity contribution in [1.29, 1.82) is 0 Å². The number of rotatable bonds is 4. The maximum absolute atomic E-state index is 13.0. The van der Waals surface area contributed by atoms with Crippen LogP contribution in [-0.4, -0.2) is 58.1 Å². The molecule has 5 atom stereocenters. The van der Waals surface area contributed by atoms with Crippen LogP contribution in [0.1, 0.15) is 50.9 Å². The normalized spacial score (nSPS) is 31.3. The summed E-state index contributed by atoms with van der Waals surface area (Å²) < 4.78 is 5.37. The van der Waals surface area contributed by atoms with Crippen LogP contribution in [0.3, 0.4) is 0 Å². The van der Waals surface area contributed by atoms with Crippen molar-refractivity contribution in [3.63, 3.8) is 0 Å². The minimum absolute atomic E-state index is 0. The van der Waals surface area contributed by atoms with Gasteiger partial charge in [0.2, 0.25) is 11.8 Å². The largest absolute Gasteiger partial charge is 0.340 e. The summed E-state index contributed by atoms with van der Waals surface area (Å²) in [6.45, 7) is 7.32. The number of carbonyl (C=O) groups excluding carboxylic acids is 1. The van der Waals surface area contributed by atoms with Crippen LogP contribution in [0.5, 0.6) is 0 Å². The standard InChI is InChI=1S/C18H29N5O2.2ClH/c1-3-14-20-17(25-21-14)11(2)22-6-8-23(9-7-22)18(24)15-12-4-5-13(10-12)16(15)19;;/h11-13,15-16H,3-10,19H2,1-2H3;2*1H. The van der Waals surface area contributed by atoms with E-state index in [-0.39, 0.29) is 48.7 Å². The zero-order valence-corrected chi connectivity index (χ0v) is 17.7. The fraction of sp³-hybridized carbons (Fsp3) is 0.833. The van der Waals surface area contributed by atoms with Crippen molar-refractivity contribution >= 4 is 30.7 Å². The molecule has 2 saturated carbocycles. The van der Waals surface area contributed by atoms with Crippen molar-refractivity contribution in [3.05, 3.63) is 11.7 Å². The predicted octanol–water partition coefficient (Wildman–Crippen LogP) is 2.05. The monoisotopic (exact) mass is 419 g/mol. The molecule has 1 amide bonds. The Morgan fingerprint density at radius 2 is 1.89 bits per heavy atom. The van der Waals surface area contributed by atoms with Crippen LogP contribution < -0.4 is 5.73 Å². The molecule has 0 radical (unpaired) electrons. The van der Waals surface area contributed by atoms with Gasteiger partial charge in [-0.3, -0.25) is 9.69 Å². The molecule has 3 aliphatic rings. The topological polar surface area (TPSA) is 88.5 Å². The van der Waals surface area contributed by atoms with Gasteiger partial charge in [-0.2, -0.15) is 4.98 Å². The van der Waals surface area contributed by atoms with E-state index in [0.717, 1.165) is 44.8 Å². The highest BCUT2D eigenvalue weighted by Crippen LogP contribution is 2.48. The smallest absolute Gasteiger partial charge is 0.243 e. The quantitative estimate of drug-likeness (QED) is 0.802. The molecule has 9 heteroatoms. The summed E-state index contributed by atoms with van der Waals surface area (Å²) in [6, 6.07) is 0.170. The molecule has 1 aromatic heterocycles. The number of nitrogens with zero attached hydrogens (tertiary/aromatic N) is 4. The van der Waals surface area contributed by atoms with Gasteiger partial charge in [-0.05, 0) is 38.0 Å². The average Bonchev–Trinajstić information content (AvgIpc) is 3.36. The number of hydrogen-bond donors (Lipinski definition) is 1. The molecular formula is C18H31Cl2N5O2. The number of hydrogen-bond acceptors (Lipinski definition) is 6. The van der Waals surface area contributed by atoms with E-state index in [1.54, 1.807) is 0 Å². The summed E-state index contributed by atoms with van der Waals surface area (Å²) in [5.41, 5.74) is 6.35. The minimum atomic E-state index is 0. The summed E-state index contributed by atoms with van der Waals surface area (Å²) in [5.74, 6) is 2.87. The van der Waals surface area contributed by atoms with Gasteiger partial charge >= 0.3 is 0 Å². The maximum Gasteiger partial charge on any atom is 0.243 e. The molecule has 154 valence electrons. The van der Waals surface area contributed by atoms with E-state index in [4.69, 9.17) is 10.3 Å². The first kappa shape index (κ1) is 22.4. The zero-order valence-electron chi connectivity index (χ0n) is 16.0. The Kier molecular flexibility index (Phi) is 7.53. The average molecular weight is 420 g/mol. The Hall–Kier alpha value is -0.890. The van der Waals surface area contributed by atoms with Crippen LogP contribution in [0, 0.1) is 17.8 Å². The van der Waals surface area contributed by atoms with Crippen LogP contribution in [0.25, 0.3) is 0 Å². The second kappa shape index (κ2) is 9.07. The highest BCUT2D eigenvalue weighted by atomic mass is 35.5. The van der Waals surface area contributed by atoms with Gasteiger partial charge in [-0.1, -0.05) is 12.1 Å². The summed E-state index contributed by atoms with van der Waals surface area (Å²) in [4.78, 5) is 21.8. The van der Waals surface area contributed by atoms with Crippen molar-refractivity contribution in [3.8, 4) is 0 Å². The molecule has 1 aromatic rings. The third kappa shape index (κ3) is 4.11. The lowest BCUT2D eigenvalue weighted by Gasteiger charge is -2.39. The van der Waals surface area contributed by atoms with Crippen molar-refractivity contribution in [2.45, 2.75) is 51.6 Å². The number of piperazine rings is 1. The summed E-state index contributed by atoms with van der Waals surface area (Å²) >= 11 is 0. The third-order valence-corrected chi connectivity index (χ3v) is 6.60. The number of aromatic nitrogens is 2. The van der Waals surface area contributed by atoms with Crippen LogP contribution in [-0.2, 0) is 11.2 Å². The third-order valence-electron chi connectivity index (χ3n) is 6.60. The SMILES string of the molecule is CCc1noc(C(C)N2CCN(C(=O)C3C4CCC(C4)C3N)CC2)n1.Cl.Cl. The first-order valence-electron chi connectivity index (χ1n) is 9.69. The molecule has 7 nitrogen and oxygen atoms in total. The Balaban J connectivity index is 0.00000131. The highest BCUT2D eigenvalue weighted by molar-refractivity contribution is 5.85. The maximum atomic E-state index is 13.0. The molecule has 1 aliphatic heterocycles. The molecule has 5 unspecified atom stereocenters. The van der Waals surface area contributed by atoms with Crippen LogP contribution in [0.4, 0.5) is 0 Å². The fourth-order valence-corrected chi connectivity index (χ4v) is 4.98. The Morgan fingerprint density at radius 1 is 1.22 bits per heavy atom.